The molecule has 4 nitrogen and oxygen atoms in total. The maximum absolute atomic E-state index is 11.4. The van der Waals surface area contributed by atoms with Crippen molar-refractivity contribution in [3.05, 3.63) is 23.8 Å². The average Bonchev–Trinajstić information content (AvgIpc) is 2.33. The van der Waals surface area contributed by atoms with E-state index in [-0.39, 0.29) is 11.5 Å². The summed E-state index contributed by atoms with van der Waals surface area (Å²) in [4.78, 5) is 15.7. The molecule has 112 valence electrons. The molecule has 0 saturated heterocycles. The SMILES string of the molecule is CC(=O)c1ccc(N(CCN(C)C)CC(C)C)cc1O. The number of ketones is 1. The number of benzene rings is 1. The highest BCUT2D eigenvalue weighted by Crippen LogP contribution is 2.25. The monoisotopic (exact) mass is 278 g/mol. The van der Waals surface area contributed by atoms with Gasteiger partial charge in [-0.05, 0) is 39.1 Å². The van der Waals surface area contributed by atoms with E-state index in [9.17, 15) is 9.90 Å². The van der Waals surface area contributed by atoms with Crippen LogP contribution in [0.1, 0.15) is 31.1 Å². The highest BCUT2D eigenvalue weighted by Gasteiger charge is 2.13. The second kappa shape index (κ2) is 7.29. The van der Waals surface area contributed by atoms with Gasteiger partial charge in [0.1, 0.15) is 5.75 Å². The van der Waals surface area contributed by atoms with Crippen LogP contribution < -0.4 is 4.90 Å². The fourth-order valence-corrected chi connectivity index (χ4v) is 2.10. The molecule has 0 heterocycles. The summed E-state index contributed by atoms with van der Waals surface area (Å²) >= 11 is 0. The Morgan fingerprint density at radius 1 is 1.25 bits per heavy atom. The summed E-state index contributed by atoms with van der Waals surface area (Å²) < 4.78 is 0. The first-order valence-corrected chi connectivity index (χ1v) is 7.05. The molecule has 0 amide bonds. The molecule has 0 saturated carbocycles. The minimum atomic E-state index is -0.113. The Kier molecular flexibility index (Phi) is 6.02. The zero-order valence-corrected chi connectivity index (χ0v) is 13.2. The summed E-state index contributed by atoms with van der Waals surface area (Å²) in [7, 11) is 4.09. The quantitative estimate of drug-likeness (QED) is 0.779. The smallest absolute Gasteiger partial charge is 0.163 e. The Hall–Kier alpha value is -1.55. The first-order valence-electron chi connectivity index (χ1n) is 7.05. The standard InChI is InChI=1S/C16H26N2O2/c1-12(2)11-18(9-8-17(4)5)14-6-7-15(13(3)19)16(20)10-14/h6-7,10,12,20H,8-9,11H2,1-5H3. The second-order valence-corrected chi connectivity index (χ2v) is 5.90. The van der Waals surface area contributed by atoms with Crippen LogP contribution in [0.2, 0.25) is 0 Å². The minimum absolute atomic E-state index is 0.0635. The van der Waals surface area contributed by atoms with Crippen LogP contribution in [0.4, 0.5) is 5.69 Å². The lowest BCUT2D eigenvalue weighted by molar-refractivity contribution is 0.101. The fourth-order valence-electron chi connectivity index (χ4n) is 2.10. The lowest BCUT2D eigenvalue weighted by atomic mass is 10.1. The van der Waals surface area contributed by atoms with E-state index in [0.29, 0.717) is 11.5 Å². The molecule has 0 aliphatic heterocycles. The second-order valence-electron chi connectivity index (χ2n) is 5.90. The number of phenolic OH excluding ortho intramolecular Hbond substituents is 1. The van der Waals surface area contributed by atoms with E-state index in [1.54, 1.807) is 12.1 Å². The van der Waals surface area contributed by atoms with Gasteiger partial charge in [-0.25, -0.2) is 0 Å². The molecule has 0 aliphatic carbocycles. The van der Waals surface area contributed by atoms with Crippen LogP contribution in [0.5, 0.6) is 5.75 Å². The van der Waals surface area contributed by atoms with E-state index in [1.165, 1.54) is 6.92 Å². The number of aromatic hydroxyl groups is 1. The summed E-state index contributed by atoms with van der Waals surface area (Å²) in [5, 5.41) is 9.96. The molecule has 4 heteroatoms. The number of nitrogens with zero attached hydrogens (tertiary/aromatic N) is 2. The van der Waals surface area contributed by atoms with Crippen LogP contribution in [0, 0.1) is 5.92 Å². The van der Waals surface area contributed by atoms with Crippen molar-refractivity contribution in [1.29, 1.82) is 0 Å². The van der Waals surface area contributed by atoms with Gasteiger partial charge in [0.15, 0.2) is 5.78 Å². The molecular formula is C16H26N2O2. The average molecular weight is 278 g/mol. The van der Waals surface area contributed by atoms with Gasteiger partial charge in [0, 0.05) is 31.4 Å². The number of Topliss-reactive ketones (excluding diaryl/α,β-unsaturated/α-hetero) is 1. The summed E-state index contributed by atoms with van der Waals surface area (Å²) in [6.45, 7) is 8.57. The number of likely N-dealkylation sites (N-methyl/N-ethyl adjacent to an activating group) is 1. The summed E-state index contributed by atoms with van der Waals surface area (Å²) in [5.41, 5.74) is 1.34. The third-order valence-corrected chi connectivity index (χ3v) is 3.13. The number of hydrogen-bond acceptors (Lipinski definition) is 4. The first kappa shape index (κ1) is 16.5. The van der Waals surface area contributed by atoms with Gasteiger partial charge in [-0.1, -0.05) is 13.8 Å². The Morgan fingerprint density at radius 3 is 2.35 bits per heavy atom. The summed E-state index contributed by atoms with van der Waals surface area (Å²) in [6, 6.07) is 5.30. The van der Waals surface area contributed by atoms with E-state index in [0.717, 1.165) is 25.3 Å². The molecule has 1 rings (SSSR count). The largest absolute Gasteiger partial charge is 0.507 e. The van der Waals surface area contributed by atoms with E-state index in [2.05, 4.69) is 23.6 Å². The van der Waals surface area contributed by atoms with Gasteiger partial charge in [0.25, 0.3) is 0 Å². The lowest BCUT2D eigenvalue weighted by Gasteiger charge is -2.28. The Labute approximate surface area is 122 Å². The normalized spacial score (nSPS) is 11.2. The molecule has 1 aromatic rings. The highest BCUT2D eigenvalue weighted by molar-refractivity contribution is 5.97. The predicted molar refractivity (Wildman–Crippen MR) is 83.7 cm³/mol. The van der Waals surface area contributed by atoms with Crippen molar-refractivity contribution < 1.29 is 9.90 Å². The van der Waals surface area contributed by atoms with Gasteiger partial charge >= 0.3 is 0 Å². The summed E-state index contributed by atoms with van der Waals surface area (Å²) in [5.74, 6) is 0.484. The van der Waals surface area contributed by atoms with Gasteiger partial charge in [-0.3, -0.25) is 4.79 Å². The van der Waals surface area contributed by atoms with Crippen molar-refractivity contribution in [3.8, 4) is 5.75 Å². The lowest BCUT2D eigenvalue weighted by Crippen LogP contribution is -2.34. The van der Waals surface area contributed by atoms with Crippen molar-refractivity contribution in [2.45, 2.75) is 20.8 Å². The minimum Gasteiger partial charge on any atom is -0.507 e. The van der Waals surface area contributed by atoms with Gasteiger partial charge in [0.2, 0.25) is 0 Å². The zero-order chi connectivity index (χ0) is 15.3. The van der Waals surface area contributed by atoms with Gasteiger partial charge in [-0.2, -0.15) is 0 Å². The van der Waals surface area contributed by atoms with Crippen LogP contribution in [0.25, 0.3) is 0 Å². The van der Waals surface area contributed by atoms with Crippen molar-refractivity contribution in [1.82, 2.24) is 4.90 Å². The van der Waals surface area contributed by atoms with Crippen LogP contribution in [0.15, 0.2) is 18.2 Å². The number of hydrogen-bond donors (Lipinski definition) is 1. The molecule has 0 spiro atoms. The van der Waals surface area contributed by atoms with Crippen molar-refractivity contribution >= 4 is 11.5 Å². The van der Waals surface area contributed by atoms with E-state index in [4.69, 9.17) is 0 Å². The third kappa shape index (κ3) is 4.85. The Morgan fingerprint density at radius 2 is 1.90 bits per heavy atom. The molecular weight excluding hydrogens is 252 g/mol. The maximum atomic E-state index is 11.4. The molecule has 1 N–H and O–H groups in total. The molecule has 0 fully saturated rings. The predicted octanol–water partition coefficient (Wildman–Crippen LogP) is 2.62. The number of rotatable bonds is 7. The fraction of sp³-hybridized carbons (Fsp3) is 0.562. The summed E-state index contributed by atoms with van der Waals surface area (Å²) in [6.07, 6.45) is 0. The molecule has 0 aliphatic rings. The number of carbonyl (C=O) groups is 1. The maximum Gasteiger partial charge on any atom is 0.163 e. The van der Waals surface area contributed by atoms with Crippen LogP contribution >= 0.6 is 0 Å². The molecule has 0 atom stereocenters. The van der Waals surface area contributed by atoms with Crippen LogP contribution in [-0.4, -0.2) is 49.5 Å². The van der Waals surface area contributed by atoms with Gasteiger partial charge in [-0.15, -0.1) is 0 Å². The van der Waals surface area contributed by atoms with Gasteiger partial charge < -0.3 is 14.9 Å². The molecule has 0 radical (unpaired) electrons. The van der Waals surface area contributed by atoms with Crippen molar-refractivity contribution in [2.75, 3.05) is 38.6 Å². The topological polar surface area (TPSA) is 43.8 Å². The number of carbonyl (C=O) groups excluding carboxylic acids is 1. The van der Waals surface area contributed by atoms with E-state index >= 15 is 0 Å². The molecule has 20 heavy (non-hydrogen) atoms. The number of phenols is 1. The third-order valence-electron chi connectivity index (χ3n) is 3.13. The first-order chi connectivity index (χ1) is 9.31. The Bertz CT molecular complexity index is 456. The zero-order valence-electron chi connectivity index (χ0n) is 13.2. The van der Waals surface area contributed by atoms with Crippen molar-refractivity contribution in [2.24, 2.45) is 5.92 Å². The van der Waals surface area contributed by atoms with Crippen LogP contribution in [0.3, 0.4) is 0 Å². The molecule has 0 unspecified atom stereocenters. The molecule has 0 bridgehead atoms. The molecule has 0 aromatic heterocycles. The Balaban J connectivity index is 2.95. The highest BCUT2D eigenvalue weighted by atomic mass is 16.3. The van der Waals surface area contributed by atoms with E-state index in [1.807, 2.05) is 20.2 Å². The van der Waals surface area contributed by atoms with E-state index < -0.39 is 0 Å². The number of anilines is 1. The molecule has 1 aromatic carbocycles. The van der Waals surface area contributed by atoms with Crippen molar-refractivity contribution in [3.63, 3.8) is 0 Å². The van der Waals surface area contributed by atoms with Crippen LogP contribution in [-0.2, 0) is 0 Å². The van der Waals surface area contributed by atoms with Gasteiger partial charge in [0.05, 0.1) is 5.56 Å².